The molecule has 0 fully saturated rings. The molecule has 2 aromatic rings. The highest BCUT2D eigenvalue weighted by Crippen LogP contribution is 2.32. The molecule has 0 atom stereocenters. The van der Waals surface area contributed by atoms with Gasteiger partial charge in [0, 0.05) is 17.3 Å². The minimum absolute atomic E-state index is 0.308. The lowest BCUT2D eigenvalue weighted by molar-refractivity contribution is 0.555. The highest BCUT2D eigenvalue weighted by molar-refractivity contribution is 6.18. The standard InChI is InChI=1S/C15H15ClO2/c1-9-12-5-3-2-4-10(12)6-13-11(8-16)7-14(17)18-15(9)13/h6-7H,2-5,8H2,1H3. The van der Waals surface area contributed by atoms with Crippen molar-refractivity contribution < 1.29 is 4.42 Å². The lowest BCUT2D eigenvalue weighted by Crippen LogP contribution is -2.08. The fourth-order valence-electron chi connectivity index (χ4n) is 2.93. The summed E-state index contributed by atoms with van der Waals surface area (Å²) in [6.07, 6.45) is 4.67. The molecular weight excluding hydrogens is 248 g/mol. The largest absolute Gasteiger partial charge is 0.422 e. The van der Waals surface area contributed by atoms with E-state index in [0.717, 1.165) is 34.9 Å². The van der Waals surface area contributed by atoms with Crippen LogP contribution in [0.25, 0.3) is 11.0 Å². The molecular formula is C15H15ClO2. The van der Waals surface area contributed by atoms with Crippen LogP contribution in [0.2, 0.25) is 0 Å². The van der Waals surface area contributed by atoms with Gasteiger partial charge in [-0.2, -0.15) is 0 Å². The summed E-state index contributed by atoms with van der Waals surface area (Å²) in [4.78, 5) is 11.6. The number of hydrogen-bond acceptors (Lipinski definition) is 2. The van der Waals surface area contributed by atoms with Crippen LogP contribution >= 0.6 is 11.6 Å². The van der Waals surface area contributed by atoms with Gasteiger partial charge in [0.05, 0.1) is 0 Å². The number of benzene rings is 1. The van der Waals surface area contributed by atoms with E-state index in [1.807, 2.05) is 6.92 Å². The molecule has 0 aliphatic heterocycles. The van der Waals surface area contributed by atoms with Crippen LogP contribution in [0.1, 0.15) is 35.1 Å². The Labute approximate surface area is 111 Å². The molecule has 3 heteroatoms. The number of fused-ring (bicyclic) bond motifs is 2. The topological polar surface area (TPSA) is 30.2 Å². The van der Waals surface area contributed by atoms with Crippen LogP contribution in [0.5, 0.6) is 0 Å². The zero-order valence-corrected chi connectivity index (χ0v) is 11.1. The quantitative estimate of drug-likeness (QED) is 0.579. The van der Waals surface area contributed by atoms with E-state index in [0.29, 0.717) is 5.88 Å². The number of alkyl halides is 1. The minimum Gasteiger partial charge on any atom is -0.422 e. The van der Waals surface area contributed by atoms with Crippen LogP contribution in [-0.2, 0) is 18.7 Å². The Balaban J connectivity index is 2.41. The molecule has 1 aliphatic rings. The molecule has 0 spiro atoms. The summed E-state index contributed by atoms with van der Waals surface area (Å²) in [6, 6.07) is 3.67. The Bertz CT molecular complexity index is 670. The predicted octanol–water partition coefficient (Wildman–Crippen LogP) is 3.72. The van der Waals surface area contributed by atoms with Crippen LogP contribution in [0, 0.1) is 6.92 Å². The number of rotatable bonds is 1. The molecule has 2 nitrogen and oxygen atoms in total. The molecule has 18 heavy (non-hydrogen) atoms. The summed E-state index contributed by atoms with van der Waals surface area (Å²) in [5.41, 5.74) is 5.16. The van der Waals surface area contributed by atoms with Crippen LogP contribution in [0.4, 0.5) is 0 Å². The third kappa shape index (κ3) is 1.76. The van der Waals surface area contributed by atoms with Crippen LogP contribution in [0.3, 0.4) is 0 Å². The maximum atomic E-state index is 11.6. The van der Waals surface area contributed by atoms with E-state index in [9.17, 15) is 4.79 Å². The lowest BCUT2D eigenvalue weighted by Gasteiger charge is -2.19. The van der Waals surface area contributed by atoms with Gasteiger partial charge >= 0.3 is 5.63 Å². The summed E-state index contributed by atoms with van der Waals surface area (Å²) in [5.74, 6) is 0.348. The average Bonchev–Trinajstić information content (AvgIpc) is 2.39. The SMILES string of the molecule is Cc1c2c(cc3c(CCl)cc(=O)oc13)CCCC2. The van der Waals surface area contributed by atoms with Crippen LogP contribution in [-0.4, -0.2) is 0 Å². The summed E-state index contributed by atoms with van der Waals surface area (Å²) >= 11 is 5.93. The smallest absolute Gasteiger partial charge is 0.336 e. The van der Waals surface area contributed by atoms with Crippen molar-refractivity contribution in [2.45, 2.75) is 38.5 Å². The van der Waals surface area contributed by atoms with Crippen LogP contribution < -0.4 is 5.63 Å². The van der Waals surface area contributed by atoms with Gasteiger partial charge in [-0.05, 0) is 60.9 Å². The van der Waals surface area contributed by atoms with Crippen molar-refractivity contribution in [3.8, 4) is 0 Å². The first-order valence-corrected chi connectivity index (χ1v) is 6.88. The Kier molecular flexibility index (Phi) is 2.90. The van der Waals surface area contributed by atoms with E-state index >= 15 is 0 Å². The minimum atomic E-state index is -0.308. The number of halogens is 1. The molecule has 1 aromatic carbocycles. The fourth-order valence-corrected chi connectivity index (χ4v) is 3.15. The van der Waals surface area contributed by atoms with E-state index in [1.54, 1.807) is 0 Å². The van der Waals surface area contributed by atoms with E-state index in [2.05, 4.69) is 6.07 Å². The summed E-state index contributed by atoms with van der Waals surface area (Å²) in [7, 11) is 0. The maximum Gasteiger partial charge on any atom is 0.336 e. The van der Waals surface area contributed by atoms with E-state index < -0.39 is 0 Å². The van der Waals surface area contributed by atoms with Gasteiger partial charge in [0.15, 0.2) is 0 Å². The summed E-state index contributed by atoms with van der Waals surface area (Å²) in [5, 5.41) is 1.00. The Morgan fingerprint density at radius 3 is 2.83 bits per heavy atom. The van der Waals surface area contributed by atoms with Crippen molar-refractivity contribution >= 4 is 22.6 Å². The highest BCUT2D eigenvalue weighted by atomic mass is 35.5. The van der Waals surface area contributed by atoms with Gasteiger partial charge < -0.3 is 4.42 Å². The molecule has 3 rings (SSSR count). The van der Waals surface area contributed by atoms with Gasteiger partial charge in [0.25, 0.3) is 0 Å². The zero-order chi connectivity index (χ0) is 12.7. The number of hydrogen-bond donors (Lipinski definition) is 0. The monoisotopic (exact) mass is 262 g/mol. The third-order valence-electron chi connectivity index (χ3n) is 3.85. The van der Waals surface area contributed by atoms with Gasteiger partial charge in [0.2, 0.25) is 0 Å². The fraction of sp³-hybridized carbons (Fsp3) is 0.400. The van der Waals surface area contributed by atoms with Gasteiger partial charge in [0.1, 0.15) is 5.58 Å². The van der Waals surface area contributed by atoms with Crippen molar-refractivity contribution in [2.75, 3.05) is 0 Å². The number of aryl methyl sites for hydroxylation is 2. The van der Waals surface area contributed by atoms with Crippen molar-refractivity contribution in [1.29, 1.82) is 0 Å². The van der Waals surface area contributed by atoms with E-state index in [-0.39, 0.29) is 5.63 Å². The van der Waals surface area contributed by atoms with Crippen molar-refractivity contribution in [1.82, 2.24) is 0 Å². The molecule has 94 valence electrons. The highest BCUT2D eigenvalue weighted by Gasteiger charge is 2.17. The lowest BCUT2D eigenvalue weighted by atomic mass is 9.86. The molecule has 1 aliphatic carbocycles. The first-order chi connectivity index (χ1) is 8.70. The molecule has 1 heterocycles. The Morgan fingerprint density at radius 1 is 1.28 bits per heavy atom. The zero-order valence-electron chi connectivity index (χ0n) is 10.4. The molecule has 0 radical (unpaired) electrons. The van der Waals surface area contributed by atoms with Crippen molar-refractivity contribution in [3.05, 3.63) is 44.8 Å². The molecule has 0 bridgehead atoms. The molecule has 0 amide bonds. The maximum absolute atomic E-state index is 11.6. The van der Waals surface area contributed by atoms with E-state index in [1.165, 1.54) is 30.0 Å². The summed E-state index contributed by atoms with van der Waals surface area (Å²) < 4.78 is 5.39. The second-order valence-corrected chi connectivity index (χ2v) is 5.21. The van der Waals surface area contributed by atoms with Gasteiger partial charge in [-0.25, -0.2) is 4.79 Å². The molecule has 1 aromatic heterocycles. The molecule has 0 N–H and O–H groups in total. The van der Waals surface area contributed by atoms with Gasteiger partial charge in [-0.3, -0.25) is 0 Å². The predicted molar refractivity (Wildman–Crippen MR) is 73.4 cm³/mol. The second kappa shape index (κ2) is 4.43. The third-order valence-corrected chi connectivity index (χ3v) is 4.14. The Hall–Kier alpha value is -1.28. The second-order valence-electron chi connectivity index (χ2n) is 4.95. The summed E-state index contributed by atoms with van der Waals surface area (Å²) in [6.45, 7) is 2.05. The average molecular weight is 263 g/mol. The first-order valence-electron chi connectivity index (χ1n) is 6.34. The normalized spacial score (nSPS) is 14.8. The molecule has 0 unspecified atom stereocenters. The van der Waals surface area contributed by atoms with Crippen LogP contribution in [0.15, 0.2) is 21.3 Å². The van der Waals surface area contributed by atoms with Gasteiger partial charge in [-0.15, -0.1) is 11.6 Å². The first kappa shape index (κ1) is 11.8. The van der Waals surface area contributed by atoms with E-state index in [4.69, 9.17) is 16.0 Å². The van der Waals surface area contributed by atoms with Crippen molar-refractivity contribution in [2.24, 2.45) is 0 Å². The Morgan fingerprint density at radius 2 is 2.06 bits per heavy atom. The molecule has 0 saturated heterocycles. The van der Waals surface area contributed by atoms with Crippen molar-refractivity contribution in [3.63, 3.8) is 0 Å². The molecule has 0 saturated carbocycles. The van der Waals surface area contributed by atoms with Gasteiger partial charge in [-0.1, -0.05) is 0 Å².